The molecule has 0 radical (unpaired) electrons. The van der Waals surface area contributed by atoms with Gasteiger partial charge in [-0.25, -0.2) is 0 Å². The van der Waals surface area contributed by atoms with E-state index in [2.05, 4.69) is 38.0 Å². The number of nitrogens with one attached hydrogen (secondary N) is 2. The van der Waals surface area contributed by atoms with Crippen molar-refractivity contribution in [3.8, 4) is 5.69 Å². The van der Waals surface area contributed by atoms with Gasteiger partial charge in [0.25, 0.3) is 5.56 Å². The molecule has 0 fully saturated rings. The normalized spacial score (nSPS) is 14.3. The van der Waals surface area contributed by atoms with Gasteiger partial charge in [0, 0.05) is 5.70 Å². The number of benzene rings is 1. The van der Waals surface area contributed by atoms with E-state index in [1.807, 2.05) is 30.3 Å². The molecule has 1 aromatic carbocycles. The number of anilines is 1. The zero-order chi connectivity index (χ0) is 15.4. The summed E-state index contributed by atoms with van der Waals surface area (Å²) >= 11 is 3.36. The first-order valence-corrected chi connectivity index (χ1v) is 8.09. The van der Waals surface area contributed by atoms with Crippen LogP contribution in [0.25, 0.3) is 5.69 Å². The van der Waals surface area contributed by atoms with Crippen LogP contribution < -0.4 is 16.4 Å². The molecule has 0 amide bonds. The molecule has 0 saturated heterocycles. The SMILES string of the molecule is O=c1c(Br)c(NNC2=CCCCC2)cnn1-c1ccccc1. The lowest BCUT2D eigenvalue weighted by atomic mass is 10.1. The summed E-state index contributed by atoms with van der Waals surface area (Å²) in [6, 6.07) is 9.35. The Balaban J connectivity index is 1.81. The Morgan fingerprint density at radius 2 is 1.95 bits per heavy atom. The number of hydrogen-bond acceptors (Lipinski definition) is 4. The Hall–Kier alpha value is -2.08. The lowest BCUT2D eigenvalue weighted by Gasteiger charge is -2.17. The Kier molecular flexibility index (Phi) is 4.58. The minimum Gasteiger partial charge on any atom is -0.305 e. The quantitative estimate of drug-likeness (QED) is 0.820. The summed E-state index contributed by atoms with van der Waals surface area (Å²) in [5.74, 6) is 0. The van der Waals surface area contributed by atoms with Crippen molar-refractivity contribution in [2.75, 3.05) is 5.43 Å². The van der Waals surface area contributed by atoms with Crippen LogP contribution in [0.4, 0.5) is 5.69 Å². The second-order valence-electron chi connectivity index (χ2n) is 5.15. The number of rotatable bonds is 4. The van der Waals surface area contributed by atoms with Crippen LogP contribution in [0.1, 0.15) is 25.7 Å². The second kappa shape index (κ2) is 6.79. The van der Waals surface area contributed by atoms with Crippen LogP contribution >= 0.6 is 15.9 Å². The van der Waals surface area contributed by atoms with Gasteiger partial charge in [0.2, 0.25) is 0 Å². The number of halogens is 1. The highest BCUT2D eigenvalue weighted by atomic mass is 79.9. The van der Waals surface area contributed by atoms with Crippen LogP contribution in [0, 0.1) is 0 Å². The molecule has 3 rings (SSSR count). The van der Waals surface area contributed by atoms with Gasteiger partial charge in [0.05, 0.1) is 17.6 Å². The molecule has 1 aliphatic rings. The molecular formula is C16H17BrN4O. The summed E-state index contributed by atoms with van der Waals surface area (Å²) in [7, 11) is 0. The van der Waals surface area contributed by atoms with Gasteiger partial charge in [-0.15, -0.1) is 0 Å². The standard InChI is InChI=1S/C16H17BrN4O/c17-15-14(20-19-12-7-3-1-4-8-12)11-18-21(16(15)22)13-9-5-2-6-10-13/h2,5-7,9-11,19-20H,1,3-4,8H2. The Morgan fingerprint density at radius 3 is 2.68 bits per heavy atom. The van der Waals surface area contributed by atoms with Crippen molar-refractivity contribution in [2.24, 2.45) is 0 Å². The minimum absolute atomic E-state index is 0.198. The van der Waals surface area contributed by atoms with Crippen LogP contribution in [0.2, 0.25) is 0 Å². The van der Waals surface area contributed by atoms with Crippen molar-refractivity contribution in [3.05, 3.63) is 63.1 Å². The lowest BCUT2D eigenvalue weighted by Crippen LogP contribution is -2.27. The third-order valence-electron chi connectivity index (χ3n) is 3.57. The maximum atomic E-state index is 12.4. The molecule has 0 atom stereocenters. The molecule has 0 spiro atoms. The topological polar surface area (TPSA) is 59.0 Å². The van der Waals surface area contributed by atoms with Crippen molar-refractivity contribution in [1.29, 1.82) is 0 Å². The van der Waals surface area contributed by atoms with Crippen LogP contribution in [0.3, 0.4) is 0 Å². The maximum Gasteiger partial charge on any atom is 0.287 e. The van der Waals surface area contributed by atoms with Gasteiger partial charge < -0.3 is 5.43 Å². The fraction of sp³-hybridized carbons (Fsp3) is 0.250. The number of aromatic nitrogens is 2. The fourth-order valence-electron chi connectivity index (χ4n) is 2.37. The summed E-state index contributed by atoms with van der Waals surface area (Å²) in [5, 5.41) is 4.23. The van der Waals surface area contributed by atoms with Crippen molar-refractivity contribution < 1.29 is 0 Å². The number of hydrogen-bond donors (Lipinski definition) is 2. The molecule has 6 heteroatoms. The summed E-state index contributed by atoms with van der Waals surface area (Å²) in [4.78, 5) is 12.4. The molecule has 1 aliphatic carbocycles. The van der Waals surface area contributed by atoms with Crippen LogP contribution in [0.15, 0.2) is 57.6 Å². The molecule has 114 valence electrons. The van der Waals surface area contributed by atoms with Gasteiger partial charge in [0.15, 0.2) is 0 Å². The Morgan fingerprint density at radius 1 is 1.14 bits per heavy atom. The Labute approximate surface area is 137 Å². The van der Waals surface area contributed by atoms with Gasteiger partial charge in [-0.3, -0.25) is 10.2 Å². The molecule has 1 heterocycles. The zero-order valence-corrected chi connectivity index (χ0v) is 13.6. The number of hydrazine groups is 1. The molecule has 5 nitrogen and oxygen atoms in total. The molecule has 2 aromatic rings. The summed E-state index contributed by atoms with van der Waals surface area (Å²) < 4.78 is 1.82. The lowest BCUT2D eigenvalue weighted by molar-refractivity contribution is 0.663. The van der Waals surface area contributed by atoms with Crippen molar-refractivity contribution >= 4 is 21.6 Å². The van der Waals surface area contributed by atoms with Gasteiger partial charge in [-0.2, -0.15) is 9.78 Å². The first-order chi connectivity index (χ1) is 10.8. The second-order valence-corrected chi connectivity index (χ2v) is 5.94. The van der Waals surface area contributed by atoms with E-state index in [0.717, 1.165) is 24.2 Å². The van der Waals surface area contributed by atoms with Crippen LogP contribution in [-0.4, -0.2) is 9.78 Å². The predicted molar refractivity (Wildman–Crippen MR) is 90.8 cm³/mol. The molecule has 0 aliphatic heterocycles. The van der Waals surface area contributed by atoms with E-state index in [0.29, 0.717) is 10.2 Å². The van der Waals surface area contributed by atoms with E-state index in [-0.39, 0.29) is 5.56 Å². The first kappa shape index (κ1) is 14.8. The molecule has 0 bridgehead atoms. The fourth-order valence-corrected chi connectivity index (χ4v) is 2.74. The average Bonchev–Trinajstić information content (AvgIpc) is 2.58. The maximum absolute atomic E-state index is 12.4. The first-order valence-electron chi connectivity index (χ1n) is 7.30. The van der Waals surface area contributed by atoms with Crippen LogP contribution in [0.5, 0.6) is 0 Å². The molecule has 1 aromatic heterocycles. The molecule has 0 unspecified atom stereocenters. The van der Waals surface area contributed by atoms with Crippen LogP contribution in [-0.2, 0) is 0 Å². The van der Waals surface area contributed by atoms with Gasteiger partial charge >= 0.3 is 0 Å². The van der Waals surface area contributed by atoms with Gasteiger partial charge in [0.1, 0.15) is 4.47 Å². The van der Waals surface area contributed by atoms with E-state index in [4.69, 9.17) is 0 Å². The third-order valence-corrected chi connectivity index (χ3v) is 4.33. The number of para-hydroxylation sites is 1. The molecular weight excluding hydrogens is 344 g/mol. The summed E-state index contributed by atoms with van der Waals surface area (Å²) in [6.45, 7) is 0. The highest BCUT2D eigenvalue weighted by Crippen LogP contribution is 2.19. The van der Waals surface area contributed by atoms with Crippen molar-refractivity contribution in [2.45, 2.75) is 25.7 Å². The summed E-state index contributed by atoms with van der Waals surface area (Å²) in [6.07, 6.45) is 8.37. The van der Waals surface area contributed by atoms with E-state index in [1.165, 1.54) is 17.5 Å². The molecule has 22 heavy (non-hydrogen) atoms. The van der Waals surface area contributed by atoms with Crippen molar-refractivity contribution in [3.63, 3.8) is 0 Å². The molecule has 0 saturated carbocycles. The largest absolute Gasteiger partial charge is 0.305 e. The monoisotopic (exact) mass is 360 g/mol. The van der Waals surface area contributed by atoms with Gasteiger partial charge in [-0.05, 0) is 53.7 Å². The summed E-state index contributed by atoms with van der Waals surface area (Å²) in [5.41, 5.74) is 8.55. The highest BCUT2D eigenvalue weighted by Gasteiger charge is 2.10. The third kappa shape index (κ3) is 3.22. The Bertz CT molecular complexity index is 740. The van der Waals surface area contributed by atoms with E-state index >= 15 is 0 Å². The smallest absolute Gasteiger partial charge is 0.287 e. The van der Waals surface area contributed by atoms with E-state index < -0.39 is 0 Å². The van der Waals surface area contributed by atoms with Gasteiger partial charge in [-0.1, -0.05) is 24.3 Å². The minimum atomic E-state index is -0.198. The molecule has 2 N–H and O–H groups in total. The predicted octanol–water partition coefficient (Wildman–Crippen LogP) is 3.37. The highest BCUT2D eigenvalue weighted by molar-refractivity contribution is 9.10. The average molecular weight is 361 g/mol. The number of allylic oxidation sites excluding steroid dienone is 2. The zero-order valence-electron chi connectivity index (χ0n) is 12.1. The van der Waals surface area contributed by atoms with Crippen molar-refractivity contribution in [1.82, 2.24) is 15.2 Å². The van der Waals surface area contributed by atoms with E-state index in [1.54, 1.807) is 6.20 Å². The van der Waals surface area contributed by atoms with E-state index in [9.17, 15) is 4.79 Å². The number of nitrogens with zero attached hydrogens (tertiary/aromatic N) is 2.